The first-order chi connectivity index (χ1) is 5.74. The van der Waals surface area contributed by atoms with Crippen LogP contribution in [-0.4, -0.2) is 24.5 Å². The van der Waals surface area contributed by atoms with E-state index in [-0.39, 0.29) is 11.8 Å². The molecule has 0 atom stereocenters. The van der Waals surface area contributed by atoms with Gasteiger partial charge < -0.3 is 0 Å². The smallest absolute Gasteiger partial charge is 0.237 e. The van der Waals surface area contributed by atoms with Gasteiger partial charge in [-0.05, 0) is 12.8 Å². The molecule has 0 spiro atoms. The van der Waals surface area contributed by atoms with Crippen LogP contribution in [0.5, 0.6) is 0 Å². The van der Waals surface area contributed by atoms with Crippen LogP contribution in [0.1, 0.15) is 32.6 Å². The van der Waals surface area contributed by atoms with Crippen molar-refractivity contribution in [3.63, 3.8) is 0 Å². The van der Waals surface area contributed by atoms with Crippen LogP contribution in [0.2, 0.25) is 0 Å². The third-order valence-corrected chi connectivity index (χ3v) is 2.50. The van der Waals surface area contributed by atoms with Crippen molar-refractivity contribution in [2.75, 3.05) is 13.6 Å². The van der Waals surface area contributed by atoms with Gasteiger partial charge in [-0.1, -0.05) is 19.8 Å². The third kappa shape index (κ3) is 2.48. The molecule has 0 aromatic carbocycles. The van der Waals surface area contributed by atoms with Crippen LogP contribution in [0, 0.1) is 5.92 Å². The van der Waals surface area contributed by atoms with E-state index < -0.39 is 0 Å². The summed E-state index contributed by atoms with van der Waals surface area (Å²) in [5.74, 6) is 0.482. The van der Waals surface area contributed by atoms with Crippen molar-refractivity contribution in [1.29, 1.82) is 0 Å². The lowest BCUT2D eigenvalue weighted by atomic mass is 10.1. The number of nitrogens with zero attached hydrogens (tertiary/aromatic N) is 1. The Kier molecular flexibility index (Phi) is 3.53. The van der Waals surface area contributed by atoms with Crippen LogP contribution in [0.3, 0.4) is 0 Å². The lowest BCUT2D eigenvalue weighted by Crippen LogP contribution is -2.41. The molecule has 0 aliphatic heterocycles. The van der Waals surface area contributed by atoms with Crippen molar-refractivity contribution < 1.29 is 4.79 Å². The molecule has 12 heavy (non-hydrogen) atoms. The highest BCUT2D eigenvalue weighted by atomic mass is 16.2. The molecule has 3 nitrogen and oxygen atoms in total. The summed E-state index contributed by atoms with van der Waals surface area (Å²) in [7, 11) is 1.90. The van der Waals surface area contributed by atoms with E-state index in [9.17, 15) is 4.79 Å². The number of carbonyl (C=O) groups is 1. The zero-order valence-corrected chi connectivity index (χ0v) is 7.97. The van der Waals surface area contributed by atoms with Crippen LogP contribution < -0.4 is 5.43 Å². The number of carbonyl (C=O) groups excluding carboxylic acids is 1. The molecule has 1 amide bonds. The molecular formula is C9H18N2O. The molecule has 1 aliphatic rings. The van der Waals surface area contributed by atoms with Gasteiger partial charge >= 0.3 is 0 Å². The maximum atomic E-state index is 11.5. The standard InChI is InChI=1S/C9H18N2O/c1-3-11(2)10-9(12)8-6-4-5-7-8/h8H,3-7H2,1-2H3,(H,10,12). The van der Waals surface area contributed by atoms with Gasteiger partial charge in [0, 0.05) is 19.5 Å². The minimum Gasteiger partial charge on any atom is -0.289 e. The summed E-state index contributed by atoms with van der Waals surface area (Å²) in [6.07, 6.45) is 4.58. The van der Waals surface area contributed by atoms with Gasteiger partial charge in [-0.2, -0.15) is 0 Å². The first-order valence-electron chi connectivity index (χ1n) is 4.75. The highest BCUT2D eigenvalue weighted by molar-refractivity contribution is 5.78. The normalized spacial score (nSPS) is 18.6. The van der Waals surface area contributed by atoms with Gasteiger partial charge in [0.2, 0.25) is 5.91 Å². The SMILES string of the molecule is CCN(C)NC(=O)C1CCCC1. The van der Waals surface area contributed by atoms with E-state index in [0.717, 1.165) is 19.4 Å². The Labute approximate surface area is 74.1 Å². The molecule has 70 valence electrons. The molecule has 0 unspecified atom stereocenters. The summed E-state index contributed by atoms with van der Waals surface area (Å²) in [5, 5.41) is 1.83. The Morgan fingerprint density at radius 3 is 2.58 bits per heavy atom. The Balaban J connectivity index is 2.27. The highest BCUT2D eigenvalue weighted by Gasteiger charge is 2.22. The van der Waals surface area contributed by atoms with E-state index in [1.54, 1.807) is 0 Å². The van der Waals surface area contributed by atoms with Crippen LogP contribution in [0.4, 0.5) is 0 Å². The van der Waals surface area contributed by atoms with Crippen LogP contribution >= 0.6 is 0 Å². The molecule has 0 aromatic rings. The van der Waals surface area contributed by atoms with Gasteiger partial charge in [0.1, 0.15) is 0 Å². The average Bonchev–Trinajstić information content (AvgIpc) is 2.56. The van der Waals surface area contributed by atoms with Crippen molar-refractivity contribution in [2.24, 2.45) is 5.92 Å². The second-order valence-electron chi connectivity index (χ2n) is 3.47. The average molecular weight is 170 g/mol. The minimum atomic E-state index is 0.205. The Hall–Kier alpha value is -0.570. The minimum absolute atomic E-state index is 0.205. The molecule has 0 saturated heterocycles. The Bertz CT molecular complexity index is 153. The third-order valence-electron chi connectivity index (χ3n) is 2.50. The van der Waals surface area contributed by atoms with Crippen molar-refractivity contribution in [1.82, 2.24) is 10.4 Å². The largest absolute Gasteiger partial charge is 0.289 e. The molecule has 1 saturated carbocycles. The van der Waals surface area contributed by atoms with E-state index in [1.165, 1.54) is 12.8 Å². The van der Waals surface area contributed by atoms with Crippen molar-refractivity contribution >= 4 is 5.91 Å². The zero-order chi connectivity index (χ0) is 8.97. The van der Waals surface area contributed by atoms with Crippen LogP contribution in [0.15, 0.2) is 0 Å². The molecule has 0 aromatic heterocycles. The summed E-state index contributed by atoms with van der Waals surface area (Å²) in [6.45, 7) is 2.88. The number of hydrazine groups is 1. The monoisotopic (exact) mass is 170 g/mol. The highest BCUT2D eigenvalue weighted by Crippen LogP contribution is 2.24. The number of hydrogen-bond acceptors (Lipinski definition) is 2. The molecule has 3 heteroatoms. The summed E-state index contributed by atoms with van der Waals surface area (Å²) >= 11 is 0. The zero-order valence-electron chi connectivity index (χ0n) is 7.97. The summed E-state index contributed by atoms with van der Waals surface area (Å²) in [4.78, 5) is 11.5. The van der Waals surface area contributed by atoms with Crippen molar-refractivity contribution in [2.45, 2.75) is 32.6 Å². The Morgan fingerprint density at radius 1 is 1.50 bits per heavy atom. The molecule has 1 N–H and O–H groups in total. The second kappa shape index (κ2) is 4.45. The van der Waals surface area contributed by atoms with Crippen LogP contribution in [-0.2, 0) is 4.79 Å². The maximum absolute atomic E-state index is 11.5. The molecular weight excluding hydrogens is 152 g/mol. The number of hydrogen-bond donors (Lipinski definition) is 1. The van der Waals surface area contributed by atoms with Crippen LogP contribution in [0.25, 0.3) is 0 Å². The van der Waals surface area contributed by atoms with Gasteiger partial charge in [0.05, 0.1) is 0 Å². The number of nitrogens with one attached hydrogen (secondary N) is 1. The topological polar surface area (TPSA) is 32.3 Å². The van der Waals surface area contributed by atoms with Gasteiger partial charge in [-0.25, -0.2) is 5.01 Å². The number of rotatable bonds is 3. The summed E-state index contributed by atoms with van der Waals surface area (Å²) < 4.78 is 0. The summed E-state index contributed by atoms with van der Waals surface area (Å²) in [6, 6.07) is 0. The first kappa shape index (κ1) is 9.52. The van der Waals surface area contributed by atoms with Gasteiger partial charge in [-0.15, -0.1) is 0 Å². The van der Waals surface area contributed by atoms with E-state index >= 15 is 0 Å². The lowest BCUT2D eigenvalue weighted by molar-refractivity contribution is -0.129. The van der Waals surface area contributed by atoms with Crippen molar-refractivity contribution in [3.05, 3.63) is 0 Å². The Morgan fingerprint density at radius 2 is 2.08 bits per heavy atom. The fraction of sp³-hybridized carbons (Fsp3) is 0.889. The van der Waals surface area contributed by atoms with E-state index in [0.29, 0.717) is 0 Å². The summed E-state index contributed by atoms with van der Waals surface area (Å²) in [5.41, 5.74) is 2.87. The van der Waals surface area contributed by atoms with Crippen molar-refractivity contribution in [3.8, 4) is 0 Å². The van der Waals surface area contributed by atoms with Gasteiger partial charge in [-0.3, -0.25) is 10.2 Å². The molecule has 1 rings (SSSR count). The van der Waals surface area contributed by atoms with E-state index in [2.05, 4.69) is 5.43 Å². The van der Waals surface area contributed by atoms with Gasteiger partial charge in [0.25, 0.3) is 0 Å². The number of amides is 1. The molecule has 0 bridgehead atoms. The first-order valence-corrected chi connectivity index (χ1v) is 4.75. The molecule has 1 fully saturated rings. The fourth-order valence-electron chi connectivity index (χ4n) is 1.55. The maximum Gasteiger partial charge on any atom is 0.237 e. The predicted octanol–water partition coefficient (Wildman–Crippen LogP) is 1.16. The van der Waals surface area contributed by atoms with E-state index in [1.807, 2.05) is 19.0 Å². The second-order valence-corrected chi connectivity index (χ2v) is 3.47. The molecule has 0 heterocycles. The van der Waals surface area contributed by atoms with E-state index in [4.69, 9.17) is 0 Å². The van der Waals surface area contributed by atoms with Gasteiger partial charge in [0.15, 0.2) is 0 Å². The fourth-order valence-corrected chi connectivity index (χ4v) is 1.55. The predicted molar refractivity (Wildman–Crippen MR) is 48.4 cm³/mol. The lowest BCUT2D eigenvalue weighted by Gasteiger charge is -2.18. The quantitative estimate of drug-likeness (QED) is 0.645. The molecule has 0 radical (unpaired) electrons. The molecule has 1 aliphatic carbocycles.